The third-order valence-electron chi connectivity index (χ3n) is 3.54. The van der Waals surface area contributed by atoms with Crippen molar-refractivity contribution in [2.24, 2.45) is 11.7 Å². The van der Waals surface area contributed by atoms with Crippen LogP contribution in [0, 0.1) is 17.6 Å². The number of benzene rings is 1. The molecule has 0 saturated heterocycles. The van der Waals surface area contributed by atoms with E-state index < -0.39 is 38.7 Å². The van der Waals surface area contributed by atoms with Gasteiger partial charge in [0.15, 0.2) is 5.82 Å². The maximum atomic E-state index is 14.2. The number of hydrogen-bond donors (Lipinski definition) is 1. The third-order valence-corrected chi connectivity index (χ3v) is 5.50. The molecule has 0 aliphatic rings. The van der Waals surface area contributed by atoms with Gasteiger partial charge in [0.25, 0.3) is 0 Å². The maximum absolute atomic E-state index is 14.2. The molecule has 0 saturated carbocycles. The van der Waals surface area contributed by atoms with Crippen molar-refractivity contribution in [3.05, 3.63) is 29.3 Å². The van der Waals surface area contributed by atoms with Crippen LogP contribution in [0.15, 0.2) is 17.0 Å². The maximum Gasteiger partial charge on any atom is 0.245 e. The minimum atomic E-state index is -4.00. The van der Waals surface area contributed by atoms with E-state index in [1.54, 1.807) is 6.92 Å². The first-order valence-corrected chi connectivity index (χ1v) is 8.40. The minimum absolute atomic E-state index is 0.150. The van der Waals surface area contributed by atoms with Crippen LogP contribution in [0.2, 0.25) is 0 Å². The summed E-state index contributed by atoms with van der Waals surface area (Å²) in [5.41, 5.74) is 4.88. The number of sulfonamides is 1. The first-order chi connectivity index (χ1) is 9.79. The molecule has 4 nitrogen and oxygen atoms in total. The van der Waals surface area contributed by atoms with E-state index in [9.17, 15) is 17.2 Å². The fourth-order valence-electron chi connectivity index (χ4n) is 1.98. The molecule has 120 valence electrons. The van der Waals surface area contributed by atoms with Crippen LogP contribution >= 0.6 is 0 Å². The number of halogens is 2. The molecule has 0 bridgehead atoms. The minimum Gasteiger partial charge on any atom is -0.326 e. The number of nitrogens with zero attached hydrogens (tertiary/aromatic N) is 1. The van der Waals surface area contributed by atoms with Crippen molar-refractivity contribution in [1.82, 2.24) is 4.31 Å². The van der Waals surface area contributed by atoms with Gasteiger partial charge in [-0.2, -0.15) is 4.31 Å². The molecule has 0 aromatic heterocycles. The molecule has 0 aliphatic carbocycles. The Morgan fingerprint density at radius 3 is 2.38 bits per heavy atom. The molecular formula is C14H22F2N2O2S. The van der Waals surface area contributed by atoms with E-state index in [0.29, 0.717) is 6.54 Å². The van der Waals surface area contributed by atoms with Crippen LogP contribution in [0.1, 0.15) is 32.8 Å². The zero-order valence-corrected chi connectivity index (χ0v) is 13.4. The molecule has 1 atom stereocenters. The van der Waals surface area contributed by atoms with Crippen molar-refractivity contribution >= 4 is 10.0 Å². The van der Waals surface area contributed by atoms with Gasteiger partial charge in [-0.3, -0.25) is 0 Å². The smallest absolute Gasteiger partial charge is 0.245 e. The Morgan fingerprint density at radius 1 is 1.29 bits per heavy atom. The van der Waals surface area contributed by atoms with E-state index in [-0.39, 0.29) is 12.5 Å². The molecule has 2 N–H and O–H groups in total. The van der Waals surface area contributed by atoms with Crippen molar-refractivity contribution in [3.63, 3.8) is 0 Å². The van der Waals surface area contributed by atoms with Crippen molar-refractivity contribution in [2.75, 3.05) is 13.1 Å². The predicted molar refractivity (Wildman–Crippen MR) is 78.1 cm³/mol. The van der Waals surface area contributed by atoms with Gasteiger partial charge < -0.3 is 5.73 Å². The Bertz CT molecular complexity index is 591. The third kappa shape index (κ3) is 3.78. The molecule has 1 rings (SSSR count). The van der Waals surface area contributed by atoms with Gasteiger partial charge in [-0.25, -0.2) is 17.2 Å². The second-order valence-corrected chi connectivity index (χ2v) is 6.92. The lowest BCUT2D eigenvalue weighted by molar-refractivity contribution is 0.359. The summed E-state index contributed by atoms with van der Waals surface area (Å²) < 4.78 is 53.9. The summed E-state index contributed by atoms with van der Waals surface area (Å²) in [6.45, 7) is 5.69. The SMILES string of the molecule is CCC(C)CN(CC)S(=O)(=O)c1ccc(F)c(CN)c1F. The van der Waals surface area contributed by atoms with Crippen molar-refractivity contribution in [2.45, 2.75) is 38.6 Å². The summed E-state index contributed by atoms with van der Waals surface area (Å²) in [7, 11) is -4.00. The van der Waals surface area contributed by atoms with Crippen LogP contribution in [-0.2, 0) is 16.6 Å². The summed E-state index contributed by atoms with van der Waals surface area (Å²) in [6.07, 6.45) is 0.811. The normalized spacial score (nSPS) is 13.7. The van der Waals surface area contributed by atoms with Gasteiger partial charge in [-0.1, -0.05) is 27.2 Å². The van der Waals surface area contributed by atoms with Crippen LogP contribution in [0.25, 0.3) is 0 Å². The Balaban J connectivity index is 3.29. The van der Waals surface area contributed by atoms with E-state index in [4.69, 9.17) is 5.73 Å². The fraction of sp³-hybridized carbons (Fsp3) is 0.571. The molecule has 0 amide bonds. The molecule has 7 heteroatoms. The average molecular weight is 320 g/mol. The molecule has 0 heterocycles. The molecule has 0 fully saturated rings. The van der Waals surface area contributed by atoms with Crippen molar-refractivity contribution in [1.29, 1.82) is 0 Å². The predicted octanol–water partition coefficient (Wildman–Crippen LogP) is 2.48. The quantitative estimate of drug-likeness (QED) is 0.839. The molecule has 1 unspecified atom stereocenters. The first kappa shape index (κ1) is 18.0. The highest BCUT2D eigenvalue weighted by molar-refractivity contribution is 7.89. The lowest BCUT2D eigenvalue weighted by Gasteiger charge is -2.24. The molecule has 0 aliphatic heterocycles. The van der Waals surface area contributed by atoms with Gasteiger partial charge in [0, 0.05) is 25.2 Å². The van der Waals surface area contributed by atoms with Gasteiger partial charge >= 0.3 is 0 Å². The molecule has 1 aromatic carbocycles. The number of rotatable bonds is 7. The topological polar surface area (TPSA) is 63.4 Å². The number of hydrogen-bond acceptors (Lipinski definition) is 3. The van der Waals surface area contributed by atoms with E-state index >= 15 is 0 Å². The zero-order chi connectivity index (χ0) is 16.2. The highest BCUT2D eigenvalue weighted by atomic mass is 32.2. The van der Waals surface area contributed by atoms with Gasteiger partial charge in [-0.15, -0.1) is 0 Å². The summed E-state index contributed by atoms with van der Waals surface area (Å²) >= 11 is 0. The van der Waals surface area contributed by atoms with Gasteiger partial charge in [-0.05, 0) is 18.1 Å². The standard InChI is InChI=1S/C14H22F2N2O2S/c1-4-10(3)9-18(5-2)21(19,20)13-7-6-12(15)11(8-17)14(13)16/h6-7,10H,4-5,8-9,17H2,1-3H3. The second kappa shape index (κ2) is 7.29. The molecule has 0 radical (unpaired) electrons. The van der Waals surface area contributed by atoms with E-state index in [0.717, 1.165) is 18.6 Å². The van der Waals surface area contributed by atoms with Gasteiger partial charge in [0.1, 0.15) is 10.7 Å². The second-order valence-electron chi connectivity index (χ2n) is 5.01. The Morgan fingerprint density at radius 2 is 1.90 bits per heavy atom. The van der Waals surface area contributed by atoms with Crippen LogP contribution < -0.4 is 5.73 Å². The van der Waals surface area contributed by atoms with Crippen molar-refractivity contribution < 1.29 is 17.2 Å². The fourth-order valence-corrected chi connectivity index (χ4v) is 3.63. The van der Waals surface area contributed by atoms with Crippen LogP contribution in [-0.4, -0.2) is 25.8 Å². The van der Waals surface area contributed by atoms with Crippen LogP contribution in [0.4, 0.5) is 8.78 Å². The van der Waals surface area contributed by atoms with Crippen LogP contribution in [0.3, 0.4) is 0 Å². The summed E-state index contributed by atoms with van der Waals surface area (Å²) in [4.78, 5) is -0.519. The lowest BCUT2D eigenvalue weighted by Crippen LogP contribution is -2.35. The highest BCUT2D eigenvalue weighted by Crippen LogP contribution is 2.24. The van der Waals surface area contributed by atoms with E-state index in [2.05, 4.69) is 0 Å². The Hall–Kier alpha value is -1.05. The highest BCUT2D eigenvalue weighted by Gasteiger charge is 2.29. The molecule has 0 spiro atoms. The monoisotopic (exact) mass is 320 g/mol. The Labute approximate surface area is 125 Å². The molecule has 1 aromatic rings. The molecular weight excluding hydrogens is 298 g/mol. The number of nitrogens with two attached hydrogens (primary N) is 1. The lowest BCUT2D eigenvalue weighted by atomic mass is 10.1. The average Bonchev–Trinajstić information content (AvgIpc) is 2.44. The zero-order valence-electron chi connectivity index (χ0n) is 12.6. The van der Waals surface area contributed by atoms with Gasteiger partial charge in [0.05, 0.1) is 0 Å². The van der Waals surface area contributed by atoms with Crippen LogP contribution in [0.5, 0.6) is 0 Å². The first-order valence-electron chi connectivity index (χ1n) is 6.96. The summed E-state index contributed by atoms with van der Waals surface area (Å²) in [5, 5.41) is 0. The van der Waals surface area contributed by atoms with Gasteiger partial charge in [0.2, 0.25) is 10.0 Å². The summed E-state index contributed by atoms with van der Waals surface area (Å²) in [5.74, 6) is -1.78. The molecule has 21 heavy (non-hydrogen) atoms. The summed E-state index contributed by atoms with van der Waals surface area (Å²) in [6, 6.07) is 1.90. The van der Waals surface area contributed by atoms with E-state index in [1.807, 2.05) is 13.8 Å². The van der Waals surface area contributed by atoms with E-state index in [1.165, 1.54) is 4.31 Å². The largest absolute Gasteiger partial charge is 0.326 e. The Kier molecular flexibility index (Phi) is 6.24. The van der Waals surface area contributed by atoms with Crippen molar-refractivity contribution in [3.8, 4) is 0 Å².